The van der Waals surface area contributed by atoms with Gasteiger partial charge in [0.15, 0.2) is 8.46 Å². The number of hydrogen-bond acceptors (Lipinski definition) is 1. The van der Waals surface area contributed by atoms with Crippen molar-refractivity contribution in [1.29, 1.82) is 0 Å². The van der Waals surface area contributed by atoms with Crippen LogP contribution >= 0.6 is 20.1 Å². The van der Waals surface area contributed by atoms with Crippen LogP contribution in [-0.4, -0.2) is 5.62 Å². The molecule has 0 aromatic heterocycles. The normalized spacial score (nSPS) is 8.25. The topological polar surface area (TPSA) is 17.1 Å². The molecule has 1 nitrogen and oxygen atoms in total. The third kappa shape index (κ3) is 2.39. The Balaban J connectivity index is 2.30. The molecule has 0 heterocycles. The van der Waals surface area contributed by atoms with Gasteiger partial charge in [-0.05, 0) is 0 Å². The van der Waals surface area contributed by atoms with Crippen LogP contribution in [0, 0.1) is 0 Å². The van der Waals surface area contributed by atoms with Crippen LogP contribution in [0.1, 0.15) is 0 Å². The van der Waals surface area contributed by atoms with Gasteiger partial charge in [-0.25, -0.2) is 0 Å². The SMILES string of the molecule is O=PCCl. The Kier molecular flexibility index (Phi) is 3.72. The summed E-state index contributed by atoms with van der Waals surface area (Å²) >= 11 is 4.86. The summed E-state index contributed by atoms with van der Waals surface area (Å²) in [5, 5.41) is 0. The van der Waals surface area contributed by atoms with Crippen molar-refractivity contribution in [3.8, 4) is 0 Å². The molecule has 0 aliphatic heterocycles. The third-order valence-corrected chi connectivity index (χ3v) is 0.439. The molecule has 0 saturated carbocycles. The zero-order valence-corrected chi connectivity index (χ0v) is 3.59. The van der Waals surface area contributed by atoms with Crippen molar-refractivity contribution in [3.63, 3.8) is 0 Å². The lowest BCUT2D eigenvalue weighted by atomic mass is 11.9. The molecule has 0 spiro atoms. The lowest BCUT2D eigenvalue weighted by Gasteiger charge is -1.46. The van der Waals surface area contributed by atoms with E-state index in [2.05, 4.69) is 0 Å². The highest BCUT2D eigenvalue weighted by atomic mass is 35.5. The average Bonchev–Trinajstić information content (AvgIpc) is 1.37. The Morgan fingerprint density at radius 3 is 2.25 bits per heavy atom. The number of alkyl halides is 1. The van der Waals surface area contributed by atoms with Gasteiger partial charge in [0.1, 0.15) is 5.62 Å². The van der Waals surface area contributed by atoms with Gasteiger partial charge in [0.2, 0.25) is 0 Å². The minimum atomic E-state index is 0.0139. The quantitative estimate of drug-likeness (QED) is 0.357. The van der Waals surface area contributed by atoms with Crippen LogP contribution in [-0.2, 0) is 4.57 Å². The van der Waals surface area contributed by atoms with E-state index in [9.17, 15) is 0 Å². The Bertz CT molecular complexity index is 22.0. The molecular weight excluding hydrogens is 94.4 g/mol. The van der Waals surface area contributed by atoms with Crippen LogP contribution in [0.3, 0.4) is 0 Å². The summed E-state index contributed by atoms with van der Waals surface area (Å²) in [6.07, 6.45) is 0. The summed E-state index contributed by atoms with van der Waals surface area (Å²) in [5.41, 5.74) is 0.208. The molecule has 0 bridgehead atoms. The lowest BCUT2D eigenvalue weighted by molar-refractivity contribution is 0.601. The molecule has 0 aliphatic carbocycles. The Morgan fingerprint density at radius 1 is 2.00 bits per heavy atom. The first-order valence-corrected chi connectivity index (χ1v) is 2.30. The predicted molar refractivity (Wildman–Crippen MR) is 18.3 cm³/mol. The molecule has 0 N–H and O–H groups in total. The van der Waals surface area contributed by atoms with E-state index in [4.69, 9.17) is 16.2 Å². The Hall–Kier alpha value is 0.390. The maximum absolute atomic E-state index is 9.14. The number of rotatable bonds is 1. The van der Waals surface area contributed by atoms with Gasteiger partial charge >= 0.3 is 0 Å². The fraction of sp³-hybridized carbons (Fsp3) is 1.00. The van der Waals surface area contributed by atoms with Crippen molar-refractivity contribution in [2.24, 2.45) is 0 Å². The fourth-order valence-electron chi connectivity index (χ4n) is 0. The molecule has 3 heteroatoms. The van der Waals surface area contributed by atoms with Crippen molar-refractivity contribution in [2.45, 2.75) is 0 Å². The van der Waals surface area contributed by atoms with E-state index in [1.807, 2.05) is 0 Å². The molecular formula is CH2ClOP. The highest BCUT2D eigenvalue weighted by molar-refractivity contribution is 7.26. The van der Waals surface area contributed by atoms with Gasteiger partial charge in [-0.2, -0.15) is 0 Å². The van der Waals surface area contributed by atoms with Crippen LogP contribution in [0.15, 0.2) is 0 Å². The first-order chi connectivity index (χ1) is 1.91. The largest absolute Gasteiger partial charge is 0.274 e. The molecule has 0 unspecified atom stereocenters. The molecule has 0 fully saturated rings. The highest BCUT2D eigenvalue weighted by Crippen LogP contribution is 1.90. The predicted octanol–water partition coefficient (Wildman–Crippen LogP) is 1.47. The molecule has 24 valence electrons. The van der Waals surface area contributed by atoms with E-state index in [1.165, 1.54) is 0 Å². The molecule has 0 rings (SSSR count). The van der Waals surface area contributed by atoms with E-state index in [1.54, 1.807) is 0 Å². The van der Waals surface area contributed by atoms with Gasteiger partial charge in [0, 0.05) is 0 Å². The number of halogens is 1. The molecule has 0 atom stereocenters. The summed E-state index contributed by atoms with van der Waals surface area (Å²) < 4.78 is 9.14. The molecule has 0 aromatic rings. The molecule has 0 aliphatic rings. The third-order valence-electron chi connectivity index (χ3n) is 0.0488. The zero-order chi connectivity index (χ0) is 3.41. The molecule has 4 heavy (non-hydrogen) atoms. The van der Waals surface area contributed by atoms with Crippen molar-refractivity contribution in [3.05, 3.63) is 0 Å². The van der Waals surface area contributed by atoms with Crippen molar-refractivity contribution in [1.82, 2.24) is 0 Å². The standard InChI is InChI=1S/CH2ClOP/c2-1-4-3/h1H2. The zero-order valence-electron chi connectivity index (χ0n) is 1.94. The van der Waals surface area contributed by atoms with E-state index >= 15 is 0 Å². The highest BCUT2D eigenvalue weighted by Gasteiger charge is 1.58. The van der Waals surface area contributed by atoms with Crippen molar-refractivity contribution in [2.75, 3.05) is 5.62 Å². The van der Waals surface area contributed by atoms with Crippen LogP contribution in [0.4, 0.5) is 0 Å². The van der Waals surface area contributed by atoms with Gasteiger partial charge in [-0.3, -0.25) is 4.57 Å². The summed E-state index contributed by atoms with van der Waals surface area (Å²) in [4.78, 5) is 0. The van der Waals surface area contributed by atoms with E-state index in [0.29, 0.717) is 0 Å². The second-order valence-electron chi connectivity index (χ2n) is 0.249. The maximum atomic E-state index is 9.14. The average molecular weight is 96.5 g/mol. The molecule has 0 radical (unpaired) electrons. The summed E-state index contributed by atoms with van der Waals surface area (Å²) in [5.74, 6) is 0. The Morgan fingerprint density at radius 2 is 2.25 bits per heavy atom. The second-order valence-corrected chi connectivity index (χ2v) is 1.46. The van der Waals surface area contributed by atoms with Crippen LogP contribution in [0.5, 0.6) is 0 Å². The minimum Gasteiger partial charge on any atom is -0.274 e. The van der Waals surface area contributed by atoms with Crippen molar-refractivity contribution >= 4 is 20.1 Å². The van der Waals surface area contributed by atoms with E-state index < -0.39 is 0 Å². The first-order valence-electron chi connectivity index (χ1n) is 0.766. The first kappa shape index (κ1) is 4.39. The van der Waals surface area contributed by atoms with Gasteiger partial charge < -0.3 is 0 Å². The van der Waals surface area contributed by atoms with Crippen LogP contribution in [0.2, 0.25) is 0 Å². The fourth-order valence-corrected chi connectivity index (χ4v) is 0. The molecule has 0 saturated heterocycles. The van der Waals surface area contributed by atoms with Gasteiger partial charge in [0.25, 0.3) is 0 Å². The second kappa shape index (κ2) is 3.39. The van der Waals surface area contributed by atoms with Gasteiger partial charge in [-0.15, -0.1) is 11.6 Å². The van der Waals surface area contributed by atoms with E-state index in [-0.39, 0.29) is 14.1 Å². The van der Waals surface area contributed by atoms with Gasteiger partial charge in [0.05, 0.1) is 0 Å². The summed E-state index contributed by atoms with van der Waals surface area (Å²) in [6.45, 7) is 0. The maximum Gasteiger partial charge on any atom is 0.171 e. The van der Waals surface area contributed by atoms with Crippen LogP contribution in [0.25, 0.3) is 0 Å². The van der Waals surface area contributed by atoms with Gasteiger partial charge in [-0.1, -0.05) is 0 Å². The van der Waals surface area contributed by atoms with Crippen molar-refractivity contribution < 1.29 is 4.57 Å². The Labute approximate surface area is 31.2 Å². The summed E-state index contributed by atoms with van der Waals surface area (Å²) in [6, 6.07) is 0. The monoisotopic (exact) mass is 96.0 g/mol. The summed E-state index contributed by atoms with van der Waals surface area (Å²) in [7, 11) is 0.0139. The number of hydrogen-bond donors (Lipinski definition) is 0. The van der Waals surface area contributed by atoms with E-state index in [0.717, 1.165) is 0 Å². The molecule has 0 aromatic carbocycles. The minimum absolute atomic E-state index is 0.0139. The molecule has 0 amide bonds. The van der Waals surface area contributed by atoms with Crippen LogP contribution < -0.4 is 0 Å². The lowest BCUT2D eigenvalue weighted by Crippen LogP contribution is -1.29. The smallest absolute Gasteiger partial charge is 0.171 e.